The molecular weight excluding hydrogens is 348 g/mol. The lowest BCUT2D eigenvalue weighted by Gasteiger charge is -2.08. The first-order chi connectivity index (χ1) is 9.97. The van der Waals surface area contributed by atoms with Gasteiger partial charge in [0.1, 0.15) is 0 Å². The summed E-state index contributed by atoms with van der Waals surface area (Å²) in [5.41, 5.74) is 1.97. The van der Waals surface area contributed by atoms with Crippen LogP contribution in [0, 0.1) is 13.8 Å². The number of alkyl halides is 1. The zero-order valence-corrected chi connectivity index (χ0v) is 15.6. The van der Waals surface area contributed by atoms with E-state index in [2.05, 4.69) is 15.9 Å². The maximum atomic E-state index is 12.3. The molecule has 1 rings (SSSR count). The molecule has 1 aromatic rings. The van der Waals surface area contributed by atoms with Gasteiger partial charge < -0.3 is 0 Å². The molecule has 0 saturated carbocycles. The lowest BCUT2D eigenvalue weighted by atomic mass is 10.1. The van der Waals surface area contributed by atoms with Crippen molar-refractivity contribution < 1.29 is 8.42 Å². The van der Waals surface area contributed by atoms with Crippen molar-refractivity contribution in [2.24, 2.45) is 0 Å². The summed E-state index contributed by atoms with van der Waals surface area (Å²) in [7, 11) is -3.12. The van der Waals surface area contributed by atoms with Gasteiger partial charge in [-0.25, -0.2) is 8.42 Å². The minimum atomic E-state index is -3.12. The highest BCUT2D eigenvalue weighted by atomic mass is 79.9. The first-order valence-corrected chi connectivity index (χ1v) is 10.6. The van der Waals surface area contributed by atoms with E-state index in [9.17, 15) is 8.42 Å². The van der Waals surface area contributed by atoms with Crippen LogP contribution in [0.15, 0.2) is 23.1 Å². The standard InChI is InChI=1S/C17H27BrO2S/c1-15-10-11-17(16(2)14-15)21(19,20)13-9-7-5-3-4-6-8-12-18/h10-11,14H,3-9,12-13H2,1-2H3. The molecule has 0 heterocycles. The molecule has 1 aromatic carbocycles. The summed E-state index contributed by atoms with van der Waals surface area (Å²) in [6, 6.07) is 5.57. The van der Waals surface area contributed by atoms with Gasteiger partial charge in [-0.1, -0.05) is 65.7 Å². The third kappa shape index (κ3) is 6.96. The average Bonchev–Trinajstić information content (AvgIpc) is 2.41. The van der Waals surface area contributed by atoms with E-state index in [4.69, 9.17) is 0 Å². The van der Waals surface area contributed by atoms with E-state index in [1.807, 2.05) is 26.0 Å². The van der Waals surface area contributed by atoms with E-state index in [0.29, 0.717) is 4.90 Å². The molecule has 0 unspecified atom stereocenters. The molecule has 0 radical (unpaired) electrons. The predicted molar refractivity (Wildman–Crippen MR) is 94.1 cm³/mol. The van der Waals surface area contributed by atoms with Gasteiger partial charge in [-0.2, -0.15) is 0 Å². The number of hydrogen-bond donors (Lipinski definition) is 0. The summed E-state index contributed by atoms with van der Waals surface area (Å²) >= 11 is 3.43. The third-order valence-electron chi connectivity index (χ3n) is 3.71. The fraction of sp³-hybridized carbons (Fsp3) is 0.647. The number of unbranched alkanes of at least 4 members (excludes halogenated alkanes) is 6. The highest BCUT2D eigenvalue weighted by Crippen LogP contribution is 2.19. The number of benzene rings is 1. The van der Waals surface area contributed by atoms with Crippen molar-refractivity contribution in [1.29, 1.82) is 0 Å². The van der Waals surface area contributed by atoms with E-state index >= 15 is 0 Å². The number of halogens is 1. The van der Waals surface area contributed by atoms with E-state index in [-0.39, 0.29) is 5.75 Å². The Morgan fingerprint density at radius 1 is 0.905 bits per heavy atom. The first-order valence-electron chi connectivity index (χ1n) is 7.83. The van der Waals surface area contributed by atoms with Gasteiger partial charge in [0.05, 0.1) is 10.6 Å². The van der Waals surface area contributed by atoms with Gasteiger partial charge >= 0.3 is 0 Å². The lowest BCUT2D eigenvalue weighted by Crippen LogP contribution is -2.08. The molecule has 0 aromatic heterocycles. The Morgan fingerprint density at radius 2 is 1.48 bits per heavy atom. The number of rotatable bonds is 10. The Morgan fingerprint density at radius 3 is 2.05 bits per heavy atom. The monoisotopic (exact) mass is 374 g/mol. The fourth-order valence-electron chi connectivity index (χ4n) is 2.53. The van der Waals surface area contributed by atoms with E-state index in [0.717, 1.165) is 35.7 Å². The summed E-state index contributed by atoms with van der Waals surface area (Å²) in [5.74, 6) is 0.276. The number of aryl methyl sites for hydroxylation is 2. The SMILES string of the molecule is Cc1ccc(S(=O)(=O)CCCCCCCCCBr)c(C)c1. The second-order valence-electron chi connectivity index (χ2n) is 5.75. The van der Waals surface area contributed by atoms with Crippen molar-refractivity contribution in [1.82, 2.24) is 0 Å². The molecule has 2 nitrogen and oxygen atoms in total. The molecule has 4 heteroatoms. The quantitative estimate of drug-likeness (QED) is 0.416. The van der Waals surface area contributed by atoms with Crippen molar-refractivity contribution in [2.45, 2.75) is 63.7 Å². The summed E-state index contributed by atoms with van der Waals surface area (Å²) in [4.78, 5) is 0.505. The maximum Gasteiger partial charge on any atom is 0.178 e. The van der Waals surface area contributed by atoms with Gasteiger partial charge in [-0.05, 0) is 38.3 Å². The topological polar surface area (TPSA) is 34.1 Å². The Balaban J connectivity index is 2.33. The molecule has 0 aliphatic heterocycles. The zero-order valence-electron chi connectivity index (χ0n) is 13.2. The van der Waals surface area contributed by atoms with Gasteiger partial charge in [-0.3, -0.25) is 0 Å². The van der Waals surface area contributed by atoms with Crippen molar-refractivity contribution in [3.05, 3.63) is 29.3 Å². The Kier molecular flexibility index (Phi) is 8.57. The average molecular weight is 375 g/mol. The molecule has 0 N–H and O–H groups in total. The van der Waals surface area contributed by atoms with Crippen LogP contribution in [-0.4, -0.2) is 19.5 Å². The van der Waals surface area contributed by atoms with Gasteiger partial charge in [0.25, 0.3) is 0 Å². The van der Waals surface area contributed by atoms with Crippen LogP contribution >= 0.6 is 15.9 Å². The van der Waals surface area contributed by atoms with Crippen LogP contribution < -0.4 is 0 Å². The molecule has 0 amide bonds. The summed E-state index contributed by atoms with van der Waals surface area (Å²) in [6.45, 7) is 3.86. The largest absolute Gasteiger partial charge is 0.224 e. The Labute approximate surface area is 138 Å². The van der Waals surface area contributed by atoms with Gasteiger partial charge in [0, 0.05) is 5.33 Å². The normalized spacial score (nSPS) is 11.8. The van der Waals surface area contributed by atoms with Gasteiger partial charge in [-0.15, -0.1) is 0 Å². The molecule has 0 bridgehead atoms. The fourth-order valence-corrected chi connectivity index (χ4v) is 4.55. The molecule has 0 atom stereocenters. The maximum absolute atomic E-state index is 12.3. The van der Waals surface area contributed by atoms with E-state index < -0.39 is 9.84 Å². The molecule has 0 aliphatic rings. The number of hydrogen-bond acceptors (Lipinski definition) is 2. The predicted octanol–water partition coefficient (Wildman–Crippen LogP) is 5.20. The van der Waals surface area contributed by atoms with Crippen LogP contribution in [0.25, 0.3) is 0 Å². The highest BCUT2D eigenvalue weighted by Gasteiger charge is 2.16. The minimum absolute atomic E-state index is 0.276. The first kappa shape index (κ1) is 18.7. The lowest BCUT2D eigenvalue weighted by molar-refractivity contribution is 0.579. The smallest absolute Gasteiger partial charge is 0.178 e. The van der Waals surface area contributed by atoms with Crippen molar-refractivity contribution in [2.75, 3.05) is 11.1 Å². The summed E-state index contributed by atoms with van der Waals surface area (Å²) in [5, 5.41) is 1.08. The Bertz CT molecular complexity index is 524. The second-order valence-corrected chi connectivity index (χ2v) is 8.62. The van der Waals surface area contributed by atoms with E-state index in [1.54, 1.807) is 6.07 Å². The van der Waals surface area contributed by atoms with Crippen molar-refractivity contribution in [3.8, 4) is 0 Å². The highest BCUT2D eigenvalue weighted by molar-refractivity contribution is 9.09. The number of sulfone groups is 1. The Hall–Kier alpha value is -0.350. The van der Waals surface area contributed by atoms with Gasteiger partial charge in [0.15, 0.2) is 9.84 Å². The minimum Gasteiger partial charge on any atom is -0.224 e. The van der Waals surface area contributed by atoms with Crippen LogP contribution in [-0.2, 0) is 9.84 Å². The molecule has 0 aliphatic carbocycles. The van der Waals surface area contributed by atoms with Crippen LogP contribution in [0.5, 0.6) is 0 Å². The van der Waals surface area contributed by atoms with Crippen LogP contribution in [0.2, 0.25) is 0 Å². The van der Waals surface area contributed by atoms with E-state index in [1.165, 1.54) is 25.7 Å². The molecule has 0 fully saturated rings. The third-order valence-corrected chi connectivity index (χ3v) is 6.23. The second kappa shape index (κ2) is 9.62. The van der Waals surface area contributed by atoms with Gasteiger partial charge in [0.2, 0.25) is 0 Å². The molecular formula is C17H27BrO2S. The van der Waals surface area contributed by atoms with Crippen LogP contribution in [0.3, 0.4) is 0 Å². The zero-order chi connectivity index (χ0) is 15.7. The van der Waals surface area contributed by atoms with Crippen LogP contribution in [0.1, 0.15) is 56.1 Å². The van der Waals surface area contributed by atoms with Crippen molar-refractivity contribution >= 4 is 25.8 Å². The molecule has 120 valence electrons. The van der Waals surface area contributed by atoms with Crippen LogP contribution in [0.4, 0.5) is 0 Å². The molecule has 0 spiro atoms. The molecule has 0 saturated heterocycles. The summed E-state index contributed by atoms with van der Waals surface area (Å²) < 4.78 is 24.7. The van der Waals surface area contributed by atoms with Crippen molar-refractivity contribution in [3.63, 3.8) is 0 Å². The molecule has 21 heavy (non-hydrogen) atoms. The summed E-state index contributed by atoms with van der Waals surface area (Å²) in [6.07, 6.45) is 7.91.